The highest BCUT2D eigenvalue weighted by molar-refractivity contribution is 5.99. The SMILES string of the molecule is Cc1cc(NC(=O)Nc2ccc(F)c(F)c2)n(CC(F)(F)F)n1. The summed E-state index contributed by atoms with van der Waals surface area (Å²) in [6.45, 7) is 0.0902. The molecular weight excluding hydrogens is 323 g/mol. The molecule has 0 bridgehead atoms. The Kier molecular flexibility index (Phi) is 4.52. The second kappa shape index (κ2) is 6.23. The van der Waals surface area contributed by atoms with Crippen molar-refractivity contribution in [3.8, 4) is 0 Å². The summed E-state index contributed by atoms with van der Waals surface area (Å²) >= 11 is 0. The fourth-order valence-electron chi connectivity index (χ4n) is 1.79. The topological polar surface area (TPSA) is 59.0 Å². The second-order valence-electron chi connectivity index (χ2n) is 4.65. The van der Waals surface area contributed by atoms with Gasteiger partial charge in [-0.15, -0.1) is 0 Å². The van der Waals surface area contributed by atoms with E-state index in [9.17, 15) is 26.7 Å². The summed E-state index contributed by atoms with van der Waals surface area (Å²) in [5, 5.41) is 7.98. The van der Waals surface area contributed by atoms with Gasteiger partial charge in [0.25, 0.3) is 0 Å². The number of nitrogens with zero attached hydrogens (tertiary/aromatic N) is 2. The Hall–Kier alpha value is -2.65. The van der Waals surface area contributed by atoms with Crippen LogP contribution in [0.4, 0.5) is 38.3 Å². The standard InChI is InChI=1S/C13H11F5N4O/c1-7-4-11(22(21-7)6-13(16,17)18)20-12(23)19-8-2-3-9(14)10(15)5-8/h2-5H,6H2,1H3,(H2,19,20,23). The maximum absolute atomic E-state index is 13.0. The zero-order chi connectivity index (χ0) is 17.2. The molecule has 2 rings (SSSR count). The van der Waals surface area contributed by atoms with Crippen molar-refractivity contribution in [3.05, 3.63) is 41.6 Å². The zero-order valence-electron chi connectivity index (χ0n) is 11.7. The van der Waals surface area contributed by atoms with Crippen LogP contribution in [-0.2, 0) is 6.54 Å². The van der Waals surface area contributed by atoms with E-state index in [-0.39, 0.29) is 17.2 Å². The molecule has 10 heteroatoms. The lowest BCUT2D eigenvalue weighted by Crippen LogP contribution is -2.25. The first-order chi connectivity index (χ1) is 10.6. The summed E-state index contributed by atoms with van der Waals surface area (Å²) in [4.78, 5) is 11.7. The van der Waals surface area contributed by atoms with Crippen LogP contribution in [-0.4, -0.2) is 22.0 Å². The van der Waals surface area contributed by atoms with Gasteiger partial charge in [0.05, 0.1) is 5.69 Å². The van der Waals surface area contributed by atoms with E-state index >= 15 is 0 Å². The summed E-state index contributed by atoms with van der Waals surface area (Å²) in [6.07, 6.45) is -4.51. The van der Waals surface area contributed by atoms with Crippen molar-refractivity contribution in [1.29, 1.82) is 0 Å². The summed E-state index contributed by atoms with van der Waals surface area (Å²) in [5.74, 6) is -2.43. The Morgan fingerprint density at radius 2 is 1.87 bits per heavy atom. The molecule has 0 atom stereocenters. The van der Waals surface area contributed by atoms with Gasteiger partial charge in [0, 0.05) is 17.8 Å². The average Bonchev–Trinajstić information content (AvgIpc) is 2.71. The molecule has 0 saturated carbocycles. The Morgan fingerprint density at radius 1 is 1.17 bits per heavy atom. The number of urea groups is 1. The van der Waals surface area contributed by atoms with Gasteiger partial charge in [-0.05, 0) is 19.1 Å². The highest BCUT2D eigenvalue weighted by atomic mass is 19.4. The molecule has 0 unspecified atom stereocenters. The molecule has 0 fully saturated rings. The Balaban J connectivity index is 2.09. The highest BCUT2D eigenvalue weighted by Gasteiger charge is 2.30. The molecule has 2 N–H and O–H groups in total. The molecule has 23 heavy (non-hydrogen) atoms. The molecular formula is C13H11F5N4O. The monoisotopic (exact) mass is 334 g/mol. The summed E-state index contributed by atoms with van der Waals surface area (Å²) in [7, 11) is 0. The largest absolute Gasteiger partial charge is 0.408 e. The number of hydrogen-bond acceptors (Lipinski definition) is 2. The van der Waals surface area contributed by atoms with Crippen molar-refractivity contribution in [2.75, 3.05) is 10.6 Å². The van der Waals surface area contributed by atoms with Crippen molar-refractivity contribution >= 4 is 17.5 Å². The van der Waals surface area contributed by atoms with Gasteiger partial charge in [-0.1, -0.05) is 0 Å². The van der Waals surface area contributed by atoms with Crippen LogP contribution in [0.5, 0.6) is 0 Å². The minimum absolute atomic E-state index is 0.0555. The second-order valence-corrected chi connectivity index (χ2v) is 4.65. The van der Waals surface area contributed by atoms with Gasteiger partial charge in [0.15, 0.2) is 11.6 Å². The van der Waals surface area contributed by atoms with Crippen molar-refractivity contribution in [1.82, 2.24) is 9.78 Å². The lowest BCUT2D eigenvalue weighted by molar-refractivity contribution is -0.142. The number of anilines is 2. The molecule has 0 saturated heterocycles. The number of nitrogens with one attached hydrogen (secondary N) is 2. The molecule has 124 valence electrons. The van der Waals surface area contributed by atoms with Gasteiger partial charge in [-0.25, -0.2) is 18.3 Å². The van der Waals surface area contributed by atoms with Crippen LogP contribution in [0.1, 0.15) is 5.69 Å². The van der Waals surface area contributed by atoms with Gasteiger partial charge >= 0.3 is 12.2 Å². The number of carbonyl (C=O) groups excluding carboxylic acids is 1. The first kappa shape index (κ1) is 16.7. The Bertz CT molecular complexity index is 726. The number of carbonyl (C=O) groups is 1. The van der Waals surface area contributed by atoms with E-state index in [1.165, 1.54) is 13.0 Å². The number of aryl methyl sites for hydroxylation is 1. The van der Waals surface area contributed by atoms with Gasteiger partial charge in [-0.3, -0.25) is 5.32 Å². The van der Waals surface area contributed by atoms with E-state index in [4.69, 9.17) is 0 Å². The first-order valence-electron chi connectivity index (χ1n) is 6.28. The summed E-state index contributed by atoms with van der Waals surface area (Å²) < 4.78 is 63.7. The van der Waals surface area contributed by atoms with Crippen LogP contribution in [0.25, 0.3) is 0 Å². The van der Waals surface area contributed by atoms with Crippen LogP contribution in [0.15, 0.2) is 24.3 Å². The number of alkyl halides is 3. The van der Waals surface area contributed by atoms with E-state index < -0.39 is 30.4 Å². The number of benzene rings is 1. The number of rotatable bonds is 3. The summed E-state index contributed by atoms with van der Waals surface area (Å²) in [5.41, 5.74) is 0.220. The van der Waals surface area contributed by atoms with E-state index in [1.54, 1.807) is 0 Å². The number of aromatic nitrogens is 2. The van der Waals surface area contributed by atoms with Crippen molar-refractivity contribution < 1.29 is 26.7 Å². The van der Waals surface area contributed by atoms with Crippen LogP contribution in [0.2, 0.25) is 0 Å². The van der Waals surface area contributed by atoms with E-state index in [0.29, 0.717) is 4.68 Å². The molecule has 5 nitrogen and oxygen atoms in total. The molecule has 1 aromatic heterocycles. The highest BCUT2D eigenvalue weighted by Crippen LogP contribution is 2.21. The number of hydrogen-bond donors (Lipinski definition) is 2. The summed E-state index contributed by atoms with van der Waals surface area (Å²) in [6, 6.07) is 2.99. The third-order valence-electron chi connectivity index (χ3n) is 2.65. The normalized spacial score (nSPS) is 11.4. The predicted octanol–water partition coefficient (Wildman–Crippen LogP) is 3.68. The fourth-order valence-corrected chi connectivity index (χ4v) is 1.79. The minimum atomic E-state index is -4.51. The lowest BCUT2D eigenvalue weighted by Gasteiger charge is -2.11. The molecule has 0 aliphatic heterocycles. The average molecular weight is 334 g/mol. The first-order valence-corrected chi connectivity index (χ1v) is 6.28. The number of halogens is 5. The molecule has 2 amide bonds. The molecule has 0 radical (unpaired) electrons. The number of amides is 2. The molecule has 2 aromatic rings. The Morgan fingerprint density at radius 3 is 2.48 bits per heavy atom. The van der Waals surface area contributed by atoms with Crippen LogP contribution >= 0.6 is 0 Å². The van der Waals surface area contributed by atoms with E-state index in [0.717, 1.165) is 18.2 Å². The van der Waals surface area contributed by atoms with Gasteiger partial charge in [-0.2, -0.15) is 18.3 Å². The lowest BCUT2D eigenvalue weighted by atomic mass is 10.3. The van der Waals surface area contributed by atoms with Crippen LogP contribution in [0.3, 0.4) is 0 Å². The molecule has 1 heterocycles. The van der Waals surface area contributed by atoms with E-state index in [2.05, 4.69) is 15.7 Å². The maximum atomic E-state index is 13.0. The van der Waals surface area contributed by atoms with Gasteiger partial charge in [0.1, 0.15) is 12.4 Å². The molecule has 1 aromatic carbocycles. The zero-order valence-corrected chi connectivity index (χ0v) is 11.7. The van der Waals surface area contributed by atoms with Crippen LogP contribution in [0, 0.1) is 18.6 Å². The predicted molar refractivity (Wildman–Crippen MR) is 72.0 cm³/mol. The van der Waals surface area contributed by atoms with Gasteiger partial charge in [0.2, 0.25) is 0 Å². The molecule has 0 aliphatic rings. The van der Waals surface area contributed by atoms with Crippen molar-refractivity contribution in [3.63, 3.8) is 0 Å². The quantitative estimate of drug-likeness (QED) is 0.842. The van der Waals surface area contributed by atoms with Gasteiger partial charge < -0.3 is 5.32 Å². The molecule has 0 spiro atoms. The smallest absolute Gasteiger partial charge is 0.308 e. The fraction of sp³-hybridized carbons (Fsp3) is 0.231. The maximum Gasteiger partial charge on any atom is 0.408 e. The van der Waals surface area contributed by atoms with Crippen molar-refractivity contribution in [2.45, 2.75) is 19.6 Å². The van der Waals surface area contributed by atoms with E-state index in [1.807, 2.05) is 0 Å². The van der Waals surface area contributed by atoms with Crippen molar-refractivity contribution in [2.24, 2.45) is 0 Å². The molecule has 0 aliphatic carbocycles. The third kappa shape index (κ3) is 4.66. The Labute approximate surface area is 127 Å². The minimum Gasteiger partial charge on any atom is -0.308 e. The third-order valence-corrected chi connectivity index (χ3v) is 2.65. The van der Waals surface area contributed by atoms with Crippen LogP contribution < -0.4 is 10.6 Å².